The molecule has 0 bridgehead atoms. The molecule has 2 aromatic rings. The van der Waals surface area contributed by atoms with Gasteiger partial charge >= 0.3 is 0 Å². The molecule has 32 heavy (non-hydrogen) atoms. The van der Waals surface area contributed by atoms with E-state index < -0.39 is 6.04 Å². The number of ether oxygens (including phenoxy) is 2. The van der Waals surface area contributed by atoms with Crippen molar-refractivity contribution in [3.63, 3.8) is 0 Å². The fourth-order valence-corrected chi connectivity index (χ4v) is 3.87. The first-order valence-corrected chi connectivity index (χ1v) is 11.2. The molecule has 0 spiro atoms. The smallest absolute Gasteiger partial charge is 0.243 e. The molecule has 6 heteroatoms. The number of carbonyl (C=O) groups excluding carboxylic acids is 2. The Bertz CT molecular complexity index is 965. The summed E-state index contributed by atoms with van der Waals surface area (Å²) in [5.74, 6) is 1.28. The lowest BCUT2D eigenvalue weighted by Crippen LogP contribution is -2.53. The van der Waals surface area contributed by atoms with Crippen LogP contribution in [0, 0.1) is 6.92 Å². The monoisotopic (exact) mass is 438 g/mol. The third-order valence-electron chi connectivity index (χ3n) is 5.38. The maximum atomic E-state index is 13.4. The minimum atomic E-state index is -0.529. The van der Waals surface area contributed by atoms with Crippen LogP contribution in [0.15, 0.2) is 42.5 Å². The van der Waals surface area contributed by atoms with Gasteiger partial charge in [0.25, 0.3) is 0 Å². The van der Waals surface area contributed by atoms with Gasteiger partial charge in [0.15, 0.2) is 11.5 Å². The highest BCUT2D eigenvalue weighted by atomic mass is 16.7. The van der Waals surface area contributed by atoms with Crippen molar-refractivity contribution in [1.82, 2.24) is 10.2 Å². The van der Waals surface area contributed by atoms with Crippen molar-refractivity contribution < 1.29 is 19.1 Å². The van der Waals surface area contributed by atoms with E-state index in [-0.39, 0.29) is 24.1 Å². The molecule has 172 valence electrons. The molecule has 3 rings (SSSR count). The van der Waals surface area contributed by atoms with Crippen LogP contribution >= 0.6 is 0 Å². The van der Waals surface area contributed by atoms with Gasteiger partial charge in [0.1, 0.15) is 6.04 Å². The van der Waals surface area contributed by atoms with Gasteiger partial charge in [-0.2, -0.15) is 0 Å². The molecule has 0 aliphatic carbocycles. The van der Waals surface area contributed by atoms with E-state index >= 15 is 0 Å². The summed E-state index contributed by atoms with van der Waals surface area (Å²) in [5, 5.41) is 3.04. The van der Waals surface area contributed by atoms with Crippen LogP contribution in [-0.2, 0) is 22.6 Å². The van der Waals surface area contributed by atoms with Crippen molar-refractivity contribution in [1.29, 1.82) is 0 Å². The van der Waals surface area contributed by atoms with Gasteiger partial charge < -0.3 is 19.7 Å². The Kier molecular flexibility index (Phi) is 7.44. The predicted molar refractivity (Wildman–Crippen MR) is 125 cm³/mol. The zero-order chi connectivity index (χ0) is 23.3. The molecule has 0 saturated heterocycles. The van der Waals surface area contributed by atoms with Crippen LogP contribution in [0.2, 0.25) is 0 Å². The van der Waals surface area contributed by atoms with E-state index in [1.165, 1.54) is 0 Å². The Labute approximate surface area is 190 Å². The summed E-state index contributed by atoms with van der Waals surface area (Å²) in [4.78, 5) is 28.2. The van der Waals surface area contributed by atoms with E-state index in [1.807, 2.05) is 71.0 Å². The van der Waals surface area contributed by atoms with E-state index in [1.54, 1.807) is 4.90 Å². The van der Waals surface area contributed by atoms with Gasteiger partial charge in [-0.1, -0.05) is 42.8 Å². The van der Waals surface area contributed by atoms with Gasteiger partial charge in [0.05, 0.1) is 0 Å². The van der Waals surface area contributed by atoms with Crippen molar-refractivity contribution in [2.45, 2.75) is 72.0 Å². The number of nitrogens with zero attached hydrogens (tertiary/aromatic N) is 1. The van der Waals surface area contributed by atoms with E-state index in [2.05, 4.69) is 11.4 Å². The molecule has 0 unspecified atom stereocenters. The predicted octanol–water partition coefficient (Wildman–Crippen LogP) is 4.38. The largest absolute Gasteiger partial charge is 0.454 e. The SMILES string of the molecule is CC[C@@H](C(=O)NC(C)(C)C)N(Cc1cccc(C)c1)C(=O)CCc1ccc2c(c1)OCO2. The molecule has 2 aromatic carbocycles. The van der Waals surface area contributed by atoms with Crippen molar-refractivity contribution in [3.05, 3.63) is 59.2 Å². The highest BCUT2D eigenvalue weighted by Gasteiger charge is 2.30. The molecule has 2 amide bonds. The first-order valence-electron chi connectivity index (χ1n) is 11.2. The van der Waals surface area contributed by atoms with Crippen molar-refractivity contribution >= 4 is 11.8 Å². The molecule has 1 aliphatic rings. The van der Waals surface area contributed by atoms with Gasteiger partial charge in [0, 0.05) is 18.5 Å². The summed E-state index contributed by atoms with van der Waals surface area (Å²) in [5.41, 5.74) is 2.78. The minimum Gasteiger partial charge on any atom is -0.454 e. The Hall–Kier alpha value is -3.02. The van der Waals surface area contributed by atoms with Gasteiger partial charge in [-0.25, -0.2) is 0 Å². The van der Waals surface area contributed by atoms with E-state index in [0.717, 1.165) is 22.4 Å². The Balaban J connectivity index is 1.78. The van der Waals surface area contributed by atoms with Gasteiger partial charge in [-0.3, -0.25) is 9.59 Å². The summed E-state index contributed by atoms with van der Waals surface area (Å²) in [7, 11) is 0. The second-order valence-electron chi connectivity index (χ2n) is 9.36. The number of benzene rings is 2. The van der Waals surface area contributed by atoms with E-state index in [4.69, 9.17) is 9.47 Å². The molecule has 1 aliphatic heterocycles. The standard InChI is InChI=1S/C26H34N2O4/c1-6-21(25(30)27-26(3,4)5)28(16-20-9-7-8-18(2)14-20)24(29)13-11-19-10-12-22-23(15-19)32-17-31-22/h7-10,12,14-15,21H,6,11,13,16-17H2,1-5H3,(H,27,30)/t21-/m0/s1. The number of aryl methyl sites for hydroxylation is 2. The van der Waals surface area contributed by atoms with Crippen LogP contribution in [0.3, 0.4) is 0 Å². The van der Waals surface area contributed by atoms with Gasteiger partial charge in [-0.15, -0.1) is 0 Å². The van der Waals surface area contributed by atoms with Crippen molar-refractivity contribution in [2.24, 2.45) is 0 Å². The quantitative estimate of drug-likeness (QED) is 0.664. The zero-order valence-corrected chi connectivity index (χ0v) is 19.7. The second kappa shape index (κ2) is 10.1. The third kappa shape index (κ3) is 6.25. The summed E-state index contributed by atoms with van der Waals surface area (Å²) in [6, 6.07) is 13.3. The van der Waals surface area contributed by atoms with E-state index in [0.29, 0.717) is 31.6 Å². The molecular weight excluding hydrogens is 404 g/mol. The summed E-state index contributed by atoms with van der Waals surface area (Å²) in [6.07, 6.45) is 1.42. The lowest BCUT2D eigenvalue weighted by molar-refractivity contribution is -0.142. The van der Waals surface area contributed by atoms with Crippen molar-refractivity contribution in [2.75, 3.05) is 6.79 Å². The van der Waals surface area contributed by atoms with Crippen LogP contribution in [0.25, 0.3) is 0 Å². The normalized spacial score (nSPS) is 13.5. The second-order valence-corrected chi connectivity index (χ2v) is 9.36. The minimum absolute atomic E-state index is 0.0416. The molecule has 0 aromatic heterocycles. The average molecular weight is 439 g/mol. The summed E-state index contributed by atoms with van der Waals surface area (Å²) < 4.78 is 10.8. The van der Waals surface area contributed by atoms with Crippen LogP contribution in [0.1, 0.15) is 57.2 Å². The Morgan fingerprint density at radius 3 is 2.50 bits per heavy atom. The number of carbonyl (C=O) groups is 2. The fraction of sp³-hybridized carbons (Fsp3) is 0.462. The topological polar surface area (TPSA) is 67.9 Å². The molecule has 1 N–H and O–H groups in total. The molecular formula is C26H34N2O4. The average Bonchev–Trinajstić information content (AvgIpc) is 3.18. The number of fused-ring (bicyclic) bond motifs is 1. The van der Waals surface area contributed by atoms with Gasteiger partial charge in [-0.05, 0) is 63.8 Å². The third-order valence-corrected chi connectivity index (χ3v) is 5.38. The van der Waals surface area contributed by atoms with E-state index in [9.17, 15) is 9.59 Å². The Morgan fingerprint density at radius 1 is 1.06 bits per heavy atom. The van der Waals surface area contributed by atoms with Crippen LogP contribution in [-0.4, -0.2) is 35.1 Å². The van der Waals surface area contributed by atoms with Gasteiger partial charge in [0.2, 0.25) is 18.6 Å². The number of hydrogen-bond acceptors (Lipinski definition) is 4. The zero-order valence-electron chi connectivity index (χ0n) is 19.7. The number of rotatable bonds is 8. The summed E-state index contributed by atoms with van der Waals surface area (Å²) >= 11 is 0. The number of hydrogen-bond donors (Lipinski definition) is 1. The maximum absolute atomic E-state index is 13.4. The number of amides is 2. The lowest BCUT2D eigenvalue weighted by Gasteiger charge is -2.33. The lowest BCUT2D eigenvalue weighted by atomic mass is 10.0. The first-order chi connectivity index (χ1) is 15.2. The van der Waals surface area contributed by atoms with Crippen molar-refractivity contribution in [3.8, 4) is 11.5 Å². The first kappa shape index (κ1) is 23.6. The maximum Gasteiger partial charge on any atom is 0.243 e. The molecule has 0 fully saturated rings. The van der Waals surface area contributed by atoms with Crippen LogP contribution < -0.4 is 14.8 Å². The fourth-order valence-electron chi connectivity index (χ4n) is 3.87. The molecule has 6 nitrogen and oxygen atoms in total. The van der Waals surface area contributed by atoms with Crippen LogP contribution in [0.5, 0.6) is 11.5 Å². The molecule has 1 heterocycles. The highest BCUT2D eigenvalue weighted by Crippen LogP contribution is 2.32. The summed E-state index contributed by atoms with van der Waals surface area (Å²) in [6.45, 7) is 10.4. The molecule has 0 saturated carbocycles. The highest BCUT2D eigenvalue weighted by molar-refractivity contribution is 5.88. The molecule has 0 radical (unpaired) electrons. The Morgan fingerprint density at radius 2 is 1.81 bits per heavy atom. The molecule has 1 atom stereocenters. The van der Waals surface area contributed by atoms with Crippen LogP contribution in [0.4, 0.5) is 0 Å². The number of nitrogens with one attached hydrogen (secondary N) is 1.